The molecule has 50 heavy (non-hydrogen) atoms. The molecule has 264 valence electrons. The normalized spacial score (nSPS) is 13.3. The number of esters is 1. The molecule has 0 radical (unpaired) electrons. The molecule has 0 aliphatic heterocycles. The van der Waals surface area contributed by atoms with E-state index in [-0.39, 0.29) is 51.8 Å². The minimum Gasteiger partial charge on any atom is -0.487 e. The number of rotatable bonds is 14. The summed E-state index contributed by atoms with van der Waals surface area (Å²) < 4.78 is 65.2. The Labute approximate surface area is 292 Å². The summed E-state index contributed by atoms with van der Waals surface area (Å²) in [6, 6.07) is 11.3. The van der Waals surface area contributed by atoms with Crippen LogP contribution < -0.4 is 10.1 Å². The highest BCUT2D eigenvalue weighted by molar-refractivity contribution is 7.22. The molecule has 0 bridgehead atoms. The van der Waals surface area contributed by atoms with E-state index in [1.807, 2.05) is 0 Å². The number of benzene rings is 2. The Hall–Kier alpha value is -4.35. The second-order valence-electron chi connectivity index (χ2n) is 11.5. The molecule has 0 saturated heterocycles. The summed E-state index contributed by atoms with van der Waals surface area (Å²) in [4.78, 5) is 23.9. The van der Waals surface area contributed by atoms with Gasteiger partial charge in [-0.3, -0.25) is 9.58 Å². The summed E-state index contributed by atoms with van der Waals surface area (Å²) in [7, 11) is 0. The number of nitrogens with zero attached hydrogens (tertiary/aromatic N) is 5. The lowest BCUT2D eigenvalue weighted by Gasteiger charge is -2.27. The van der Waals surface area contributed by atoms with Crippen LogP contribution in [-0.4, -0.2) is 86.0 Å². The van der Waals surface area contributed by atoms with Crippen molar-refractivity contribution in [2.45, 2.75) is 38.3 Å². The molecule has 11 nitrogen and oxygen atoms in total. The number of hydrogen-bond acceptors (Lipinski definition) is 11. The lowest BCUT2D eigenvalue weighted by molar-refractivity contribution is -0.206. The number of thiophene rings is 1. The van der Waals surface area contributed by atoms with Crippen molar-refractivity contribution >= 4 is 50.6 Å². The second-order valence-corrected chi connectivity index (χ2v) is 12.9. The molecule has 5 aromatic rings. The standard InChI is InChI=1S/C33H31ClF4N6O5S/c34-25-13-21(4-7-27(25)48-17-19-2-1-3-20(35)12-19)42-30-28-23-5-6-26-24(29(23)50-31(28)40-18-39-30)14-41-44(26)16-22(49-32(47)33(36,37)38)15-43(8-10-45)9-11-46/h1-4,7,12-14,18,22,45-46H,5-6,8-11,15-17H2,(H,39,40,42)/t22-/m1/s1. The van der Waals surface area contributed by atoms with Crippen LogP contribution in [0.1, 0.15) is 16.8 Å². The molecule has 1 aliphatic carbocycles. The van der Waals surface area contributed by atoms with Crippen LogP contribution in [0, 0.1) is 5.82 Å². The number of fused-ring (bicyclic) bond motifs is 5. The fourth-order valence-electron chi connectivity index (χ4n) is 5.84. The SMILES string of the molecule is O=C(O[C@H](CN(CCO)CCO)Cn1ncc2c1CCc1c-2sc2ncnc(Nc3ccc(OCc4cccc(F)c4)c(Cl)c3)c12)C(F)(F)F. The molecular formula is C33H31ClF4N6O5S. The van der Waals surface area contributed by atoms with Crippen molar-refractivity contribution < 1.29 is 42.0 Å². The Bertz CT molecular complexity index is 1980. The van der Waals surface area contributed by atoms with Gasteiger partial charge in [-0.15, -0.1) is 11.3 Å². The smallest absolute Gasteiger partial charge is 0.487 e. The summed E-state index contributed by atoms with van der Waals surface area (Å²) in [5.41, 5.74) is 3.84. The number of alkyl halides is 3. The topological polar surface area (TPSA) is 135 Å². The summed E-state index contributed by atoms with van der Waals surface area (Å²) in [5.74, 6) is -1.70. The Balaban J connectivity index is 1.23. The molecule has 2 aromatic carbocycles. The van der Waals surface area contributed by atoms with Gasteiger partial charge in [0.15, 0.2) is 0 Å². The zero-order valence-electron chi connectivity index (χ0n) is 26.3. The van der Waals surface area contributed by atoms with Crippen LogP contribution in [0.15, 0.2) is 55.0 Å². The van der Waals surface area contributed by atoms with Crippen LogP contribution in [-0.2, 0) is 35.5 Å². The van der Waals surface area contributed by atoms with Gasteiger partial charge in [-0.25, -0.2) is 19.2 Å². The summed E-state index contributed by atoms with van der Waals surface area (Å²) in [6.45, 7) is -0.628. The molecule has 3 aromatic heterocycles. The van der Waals surface area contributed by atoms with Gasteiger partial charge in [-0.2, -0.15) is 18.3 Å². The first kappa shape index (κ1) is 35.5. The fourth-order valence-corrected chi connectivity index (χ4v) is 7.29. The van der Waals surface area contributed by atoms with Gasteiger partial charge >= 0.3 is 12.1 Å². The number of carbonyl (C=O) groups excluding carboxylic acids is 1. The highest BCUT2D eigenvalue weighted by Gasteiger charge is 2.42. The second kappa shape index (κ2) is 15.3. The van der Waals surface area contributed by atoms with Gasteiger partial charge in [-0.1, -0.05) is 23.7 Å². The number of aromatic nitrogens is 4. The molecule has 0 fully saturated rings. The Morgan fingerprint density at radius 1 is 1.12 bits per heavy atom. The van der Waals surface area contributed by atoms with Gasteiger partial charge in [0.2, 0.25) is 0 Å². The van der Waals surface area contributed by atoms with Crippen LogP contribution in [0.4, 0.5) is 29.1 Å². The number of ether oxygens (including phenoxy) is 2. The van der Waals surface area contributed by atoms with Gasteiger partial charge in [0, 0.05) is 41.5 Å². The van der Waals surface area contributed by atoms with Crippen molar-refractivity contribution in [2.75, 3.05) is 38.2 Å². The van der Waals surface area contributed by atoms with Gasteiger partial charge in [0.25, 0.3) is 0 Å². The quantitative estimate of drug-likeness (QED) is 0.0988. The molecule has 1 atom stereocenters. The van der Waals surface area contributed by atoms with Crippen LogP contribution in [0.2, 0.25) is 5.02 Å². The fraction of sp³-hybridized carbons (Fsp3) is 0.333. The van der Waals surface area contributed by atoms with E-state index in [0.717, 1.165) is 31.9 Å². The van der Waals surface area contributed by atoms with Gasteiger partial charge in [0.1, 0.15) is 41.3 Å². The summed E-state index contributed by atoms with van der Waals surface area (Å²) >= 11 is 7.96. The van der Waals surface area contributed by atoms with Gasteiger partial charge in [-0.05, 0) is 54.3 Å². The van der Waals surface area contributed by atoms with Crippen molar-refractivity contribution in [1.29, 1.82) is 0 Å². The predicted molar refractivity (Wildman–Crippen MR) is 178 cm³/mol. The number of aliphatic hydroxyl groups is 2. The lowest BCUT2D eigenvalue weighted by atomic mass is 9.95. The van der Waals surface area contributed by atoms with E-state index in [0.29, 0.717) is 40.7 Å². The summed E-state index contributed by atoms with van der Waals surface area (Å²) in [5, 5.41) is 27.7. The maximum atomic E-state index is 13.5. The van der Waals surface area contributed by atoms with Gasteiger partial charge in [0.05, 0.1) is 36.4 Å². The number of aryl methyl sites for hydroxylation is 1. The van der Waals surface area contributed by atoms with E-state index in [2.05, 4.69) is 20.4 Å². The third kappa shape index (κ3) is 8.00. The average Bonchev–Trinajstić information content (AvgIpc) is 3.66. The number of anilines is 2. The number of aliphatic hydroxyl groups excluding tert-OH is 2. The molecule has 0 spiro atoms. The van der Waals surface area contributed by atoms with E-state index in [4.69, 9.17) is 21.1 Å². The molecule has 0 saturated carbocycles. The van der Waals surface area contributed by atoms with Crippen LogP contribution in [0.3, 0.4) is 0 Å². The van der Waals surface area contributed by atoms with E-state index in [9.17, 15) is 32.6 Å². The molecule has 6 rings (SSSR count). The highest BCUT2D eigenvalue weighted by Crippen LogP contribution is 2.45. The molecule has 3 heterocycles. The van der Waals surface area contributed by atoms with Crippen molar-refractivity contribution in [3.63, 3.8) is 0 Å². The van der Waals surface area contributed by atoms with E-state index in [1.54, 1.807) is 36.5 Å². The first-order valence-corrected chi connectivity index (χ1v) is 16.7. The zero-order valence-corrected chi connectivity index (χ0v) is 27.9. The average molecular weight is 735 g/mol. The number of hydrogen-bond donors (Lipinski definition) is 3. The number of carbonyl (C=O) groups is 1. The molecule has 3 N–H and O–H groups in total. The van der Waals surface area contributed by atoms with E-state index >= 15 is 0 Å². The maximum Gasteiger partial charge on any atom is 0.490 e. The van der Waals surface area contributed by atoms with Crippen LogP contribution in [0.25, 0.3) is 20.7 Å². The third-order valence-corrected chi connectivity index (χ3v) is 9.51. The number of nitrogens with one attached hydrogen (secondary N) is 1. The Kier molecular flexibility index (Phi) is 10.8. The Morgan fingerprint density at radius 2 is 1.92 bits per heavy atom. The highest BCUT2D eigenvalue weighted by atomic mass is 35.5. The minimum atomic E-state index is -5.19. The largest absolute Gasteiger partial charge is 0.490 e. The summed E-state index contributed by atoms with van der Waals surface area (Å²) in [6.07, 6.45) is -2.33. The van der Waals surface area contributed by atoms with Crippen molar-refractivity contribution in [2.24, 2.45) is 0 Å². The molecule has 0 unspecified atom stereocenters. The zero-order chi connectivity index (χ0) is 35.4. The number of halogens is 5. The van der Waals surface area contributed by atoms with Gasteiger partial charge < -0.3 is 25.0 Å². The van der Waals surface area contributed by atoms with Crippen LogP contribution in [0.5, 0.6) is 5.75 Å². The van der Waals surface area contributed by atoms with Crippen LogP contribution >= 0.6 is 22.9 Å². The first-order chi connectivity index (χ1) is 24.0. The monoisotopic (exact) mass is 734 g/mol. The Morgan fingerprint density at radius 3 is 2.64 bits per heavy atom. The van der Waals surface area contributed by atoms with E-state index < -0.39 is 18.2 Å². The molecular weight excluding hydrogens is 704 g/mol. The lowest BCUT2D eigenvalue weighted by Crippen LogP contribution is -2.42. The third-order valence-electron chi connectivity index (χ3n) is 8.05. The van der Waals surface area contributed by atoms with E-state index in [1.165, 1.54) is 39.4 Å². The maximum absolute atomic E-state index is 13.5. The molecule has 0 amide bonds. The minimum absolute atomic E-state index is 0.0705. The molecule has 17 heteroatoms. The molecule has 1 aliphatic rings. The predicted octanol–water partition coefficient (Wildman–Crippen LogP) is 5.53. The first-order valence-electron chi connectivity index (χ1n) is 15.5. The van der Waals surface area contributed by atoms with Crippen molar-refractivity contribution in [3.05, 3.63) is 82.6 Å². The van der Waals surface area contributed by atoms with Crippen molar-refractivity contribution in [1.82, 2.24) is 24.6 Å². The van der Waals surface area contributed by atoms with Crippen molar-refractivity contribution in [3.8, 4) is 16.2 Å².